The van der Waals surface area contributed by atoms with E-state index in [0.717, 1.165) is 6.07 Å². The molecule has 1 rings (SSSR count). The maximum Gasteiger partial charge on any atom is 0.338 e. The molecule has 0 heterocycles. The SMILES string of the molecule is CC(C)OC(=O)c1ccc(Br)c(F)c1. The van der Waals surface area contributed by atoms with Crippen LogP contribution in [-0.4, -0.2) is 12.1 Å². The van der Waals surface area contributed by atoms with Gasteiger partial charge < -0.3 is 4.74 Å². The number of carbonyl (C=O) groups excluding carboxylic acids is 1. The normalized spacial score (nSPS) is 10.4. The van der Waals surface area contributed by atoms with Crippen LogP contribution in [0.5, 0.6) is 0 Å². The van der Waals surface area contributed by atoms with E-state index in [2.05, 4.69) is 15.9 Å². The summed E-state index contributed by atoms with van der Waals surface area (Å²) in [6, 6.07) is 4.14. The Bertz CT molecular complexity index is 350. The first-order valence-electron chi connectivity index (χ1n) is 4.16. The molecule has 76 valence electrons. The van der Waals surface area contributed by atoms with E-state index in [1.54, 1.807) is 13.8 Å². The Kier molecular flexibility index (Phi) is 3.63. The topological polar surface area (TPSA) is 26.3 Å². The summed E-state index contributed by atoms with van der Waals surface area (Å²) in [5.74, 6) is -0.977. The fraction of sp³-hybridized carbons (Fsp3) is 0.300. The summed E-state index contributed by atoms with van der Waals surface area (Å²) in [5, 5.41) is 0. The Morgan fingerprint density at radius 2 is 2.14 bits per heavy atom. The minimum atomic E-state index is -0.508. The van der Waals surface area contributed by atoms with Crippen molar-refractivity contribution in [2.24, 2.45) is 0 Å². The molecule has 0 aliphatic carbocycles. The summed E-state index contributed by atoms with van der Waals surface area (Å²) in [4.78, 5) is 11.3. The Labute approximate surface area is 90.2 Å². The number of hydrogen-bond donors (Lipinski definition) is 0. The molecule has 0 aliphatic rings. The first kappa shape index (κ1) is 11.2. The van der Waals surface area contributed by atoms with E-state index in [4.69, 9.17) is 4.74 Å². The van der Waals surface area contributed by atoms with E-state index in [1.165, 1.54) is 12.1 Å². The molecule has 0 N–H and O–H groups in total. The van der Waals surface area contributed by atoms with Crippen molar-refractivity contribution in [3.63, 3.8) is 0 Å². The number of ether oxygens (including phenoxy) is 1. The van der Waals surface area contributed by atoms with Crippen LogP contribution in [0.1, 0.15) is 24.2 Å². The van der Waals surface area contributed by atoms with Crippen LogP contribution < -0.4 is 0 Å². The predicted octanol–water partition coefficient (Wildman–Crippen LogP) is 3.15. The lowest BCUT2D eigenvalue weighted by atomic mass is 10.2. The fourth-order valence-corrected chi connectivity index (χ4v) is 1.15. The van der Waals surface area contributed by atoms with E-state index < -0.39 is 11.8 Å². The quantitative estimate of drug-likeness (QED) is 0.764. The van der Waals surface area contributed by atoms with Crippen molar-refractivity contribution in [2.75, 3.05) is 0 Å². The molecule has 0 atom stereocenters. The summed E-state index contributed by atoms with van der Waals surface area (Å²) in [6.45, 7) is 3.49. The van der Waals surface area contributed by atoms with Gasteiger partial charge in [-0.1, -0.05) is 0 Å². The van der Waals surface area contributed by atoms with Crippen LogP contribution in [0.15, 0.2) is 22.7 Å². The van der Waals surface area contributed by atoms with Gasteiger partial charge in [-0.15, -0.1) is 0 Å². The van der Waals surface area contributed by atoms with Crippen LogP contribution in [-0.2, 0) is 4.74 Å². The van der Waals surface area contributed by atoms with Crippen molar-refractivity contribution in [1.82, 2.24) is 0 Å². The second kappa shape index (κ2) is 4.55. The number of hydrogen-bond acceptors (Lipinski definition) is 2. The molecule has 0 aliphatic heterocycles. The second-order valence-electron chi connectivity index (χ2n) is 3.08. The number of benzene rings is 1. The summed E-state index contributed by atoms with van der Waals surface area (Å²) >= 11 is 3.00. The van der Waals surface area contributed by atoms with Crippen molar-refractivity contribution >= 4 is 21.9 Å². The maximum atomic E-state index is 13.0. The van der Waals surface area contributed by atoms with Gasteiger partial charge in [-0.05, 0) is 48.0 Å². The van der Waals surface area contributed by atoms with Gasteiger partial charge in [-0.3, -0.25) is 0 Å². The molecular formula is C10H10BrFO2. The van der Waals surface area contributed by atoms with E-state index in [0.29, 0.717) is 4.47 Å². The third-order valence-corrected chi connectivity index (χ3v) is 2.14. The smallest absolute Gasteiger partial charge is 0.338 e. The molecule has 0 bridgehead atoms. The van der Waals surface area contributed by atoms with Gasteiger partial charge in [0.2, 0.25) is 0 Å². The van der Waals surface area contributed by atoms with Crippen LogP contribution >= 0.6 is 15.9 Å². The third-order valence-electron chi connectivity index (χ3n) is 1.50. The minimum Gasteiger partial charge on any atom is -0.459 e. The number of rotatable bonds is 2. The molecule has 0 unspecified atom stereocenters. The van der Waals surface area contributed by atoms with Gasteiger partial charge in [0.25, 0.3) is 0 Å². The number of esters is 1. The van der Waals surface area contributed by atoms with E-state index in [-0.39, 0.29) is 11.7 Å². The maximum absolute atomic E-state index is 13.0. The van der Waals surface area contributed by atoms with Crippen molar-refractivity contribution in [1.29, 1.82) is 0 Å². The molecule has 0 fully saturated rings. The Morgan fingerprint density at radius 3 is 2.64 bits per heavy atom. The summed E-state index contributed by atoms with van der Waals surface area (Å²) in [7, 11) is 0. The highest BCUT2D eigenvalue weighted by Gasteiger charge is 2.10. The zero-order chi connectivity index (χ0) is 10.7. The fourth-order valence-electron chi connectivity index (χ4n) is 0.905. The first-order valence-corrected chi connectivity index (χ1v) is 4.96. The van der Waals surface area contributed by atoms with Crippen molar-refractivity contribution in [3.05, 3.63) is 34.1 Å². The van der Waals surface area contributed by atoms with E-state index in [9.17, 15) is 9.18 Å². The van der Waals surface area contributed by atoms with Crippen LogP contribution in [0.25, 0.3) is 0 Å². The van der Waals surface area contributed by atoms with Gasteiger partial charge in [-0.25, -0.2) is 9.18 Å². The highest BCUT2D eigenvalue weighted by atomic mass is 79.9. The van der Waals surface area contributed by atoms with E-state index in [1.807, 2.05) is 0 Å². The molecule has 0 aromatic heterocycles. The molecule has 1 aromatic carbocycles. The molecule has 0 amide bonds. The molecule has 14 heavy (non-hydrogen) atoms. The van der Waals surface area contributed by atoms with Crippen LogP contribution in [0.4, 0.5) is 4.39 Å². The van der Waals surface area contributed by atoms with Crippen molar-refractivity contribution in [2.45, 2.75) is 20.0 Å². The van der Waals surface area contributed by atoms with Gasteiger partial charge in [-0.2, -0.15) is 0 Å². The molecule has 2 nitrogen and oxygen atoms in total. The zero-order valence-corrected chi connectivity index (χ0v) is 9.47. The van der Waals surface area contributed by atoms with Crippen LogP contribution in [0, 0.1) is 5.82 Å². The average molecular weight is 261 g/mol. The Balaban J connectivity index is 2.86. The highest BCUT2D eigenvalue weighted by molar-refractivity contribution is 9.10. The highest BCUT2D eigenvalue weighted by Crippen LogP contribution is 2.17. The van der Waals surface area contributed by atoms with Crippen molar-refractivity contribution in [3.8, 4) is 0 Å². The molecule has 4 heteroatoms. The molecular weight excluding hydrogens is 251 g/mol. The summed E-state index contributed by atoms with van der Waals surface area (Å²) < 4.78 is 18.3. The second-order valence-corrected chi connectivity index (χ2v) is 3.94. The first-order chi connectivity index (χ1) is 6.50. The molecule has 0 saturated heterocycles. The lowest BCUT2D eigenvalue weighted by Crippen LogP contribution is -2.11. The van der Waals surface area contributed by atoms with Gasteiger partial charge in [0, 0.05) is 0 Å². The van der Waals surface area contributed by atoms with Gasteiger partial charge in [0.1, 0.15) is 5.82 Å². The average Bonchev–Trinajstić information content (AvgIpc) is 2.08. The monoisotopic (exact) mass is 260 g/mol. The lowest BCUT2D eigenvalue weighted by Gasteiger charge is -2.07. The molecule has 1 aromatic rings. The van der Waals surface area contributed by atoms with Gasteiger partial charge in [0.15, 0.2) is 0 Å². The van der Waals surface area contributed by atoms with Gasteiger partial charge in [0.05, 0.1) is 16.1 Å². The Morgan fingerprint density at radius 1 is 1.50 bits per heavy atom. The predicted molar refractivity (Wildman–Crippen MR) is 54.7 cm³/mol. The molecule has 0 spiro atoms. The van der Waals surface area contributed by atoms with Crippen LogP contribution in [0.2, 0.25) is 0 Å². The summed E-state index contributed by atoms with van der Waals surface area (Å²) in [6.07, 6.45) is -0.200. The van der Waals surface area contributed by atoms with Crippen LogP contribution in [0.3, 0.4) is 0 Å². The minimum absolute atomic E-state index is 0.200. The third kappa shape index (κ3) is 2.80. The summed E-state index contributed by atoms with van der Waals surface area (Å²) in [5.41, 5.74) is 0.222. The Hall–Kier alpha value is -0.900. The number of halogens is 2. The standard InChI is InChI=1S/C10H10BrFO2/c1-6(2)14-10(13)7-3-4-8(11)9(12)5-7/h3-6H,1-2H3. The zero-order valence-electron chi connectivity index (χ0n) is 7.88. The largest absolute Gasteiger partial charge is 0.459 e. The lowest BCUT2D eigenvalue weighted by molar-refractivity contribution is 0.0377. The molecule has 0 radical (unpaired) electrons. The van der Waals surface area contributed by atoms with Crippen molar-refractivity contribution < 1.29 is 13.9 Å². The molecule has 0 saturated carbocycles. The van der Waals surface area contributed by atoms with E-state index >= 15 is 0 Å². The van der Waals surface area contributed by atoms with Gasteiger partial charge >= 0.3 is 5.97 Å². The number of carbonyl (C=O) groups is 1.